The maximum absolute atomic E-state index is 13.3. The fourth-order valence-corrected chi connectivity index (χ4v) is 5.89. The second-order valence-corrected chi connectivity index (χ2v) is 9.48. The van der Waals surface area contributed by atoms with Crippen molar-refractivity contribution < 1.29 is 9.53 Å². The molecule has 0 aliphatic heterocycles. The highest BCUT2D eigenvalue weighted by atomic mass is 32.2. The first-order chi connectivity index (χ1) is 14.5. The first-order valence-corrected chi connectivity index (χ1v) is 11.9. The van der Waals surface area contributed by atoms with E-state index in [1.165, 1.54) is 22.2 Å². The maximum Gasteiger partial charge on any atom is 0.263 e. The van der Waals surface area contributed by atoms with E-state index < -0.39 is 0 Å². The minimum atomic E-state index is -0.0154. The van der Waals surface area contributed by atoms with Crippen LogP contribution in [-0.2, 0) is 19.4 Å². The molecule has 0 radical (unpaired) electrons. The zero-order valence-corrected chi connectivity index (χ0v) is 18.8. The van der Waals surface area contributed by atoms with Crippen molar-refractivity contribution >= 4 is 39.1 Å². The van der Waals surface area contributed by atoms with Gasteiger partial charge in [-0.15, -0.1) is 11.3 Å². The van der Waals surface area contributed by atoms with Crippen LogP contribution < -0.4 is 10.3 Å². The number of carbonyl (C=O) groups is 1. The van der Waals surface area contributed by atoms with Crippen LogP contribution in [0.2, 0.25) is 0 Å². The number of hydrogen-bond acceptors (Lipinski definition) is 6. The lowest BCUT2D eigenvalue weighted by Gasteiger charge is -2.12. The number of hydrogen-bond donors (Lipinski definition) is 0. The molecule has 30 heavy (non-hydrogen) atoms. The third kappa shape index (κ3) is 4.09. The van der Waals surface area contributed by atoms with Crippen LogP contribution in [0.1, 0.15) is 41.1 Å². The molecule has 0 spiro atoms. The van der Waals surface area contributed by atoms with Crippen LogP contribution in [0.3, 0.4) is 0 Å². The molecule has 7 heteroatoms. The Morgan fingerprint density at radius 2 is 2.07 bits per heavy atom. The number of ether oxygens (including phenoxy) is 1. The maximum atomic E-state index is 13.3. The summed E-state index contributed by atoms with van der Waals surface area (Å²) in [6.45, 7) is 8.78. The Balaban J connectivity index is 1.62. The average Bonchev–Trinajstić information content (AvgIpc) is 3.30. The molecule has 0 N–H and O–H groups in total. The van der Waals surface area contributed by atoms with Gasteiger partial charge in [0.25, 0.3) is 5.56 Å². The summed E-state index contributed by atoms with van der Waals surface area (Å²) >= 11 is 2.93. The van der Waals surface area contributed by atoms with Gasteiger partial charge >= 0.3 is 0 Å². The van der Waals surface area contributed by atoms with Crippen LogP contribution in [0.15, 0.2) is 46.4 Å². The van der Waals surface area contributed by atoms with Gasteiger partial charge in [0, 0.05) is 17.0 Å². The molecular weight excluding hydrogens is 416 g/mol. The zero-order chi connectivity index (χ0) is 21.3. The number of carbonyl (C=O) groups excluding carboxylic acids is 1. The highest BCUT2D eigenvalue weighted by Crippen LogP contribution is 2.35. The van der Waals surface area contributed by atoms with E-state index in [1.54, 1.807) is 40.2 Å². The Morgan fingerprint density at radius 1 is 1.30 bits per heavy atom. The van der Waals surface area contributed by atoms with E-state index in [9.17, 15) is 9.59 Å². The SMILES string of the molecule is C=C(C)Cn1c(SCC(=O)c2ccc(OCC)cc2)nc2sc3c(c2c1=O)CCC3. The molecule has 0 saturated carbocycles. The molecule has 1 aromatic carbocycles. The number of thioether (sulfide) groups is 1. The smallest absolute Gasteiger partial charge is 0.263 e. The van der Waals surface area contributed by atoms with Crippen molar-refractivity contribution in [3.63, 3.8) is 0 Å². The van der Waals surface area contributed by atoms with E-state index >= 15 is 0 Å². The molecule has 4 rings (SSSR count). The van der Waals surface area contributed by atoms with Gasteiger partial charge in [-0.2, -0.15) is 0 Å². The van der Waals surface area contributed by atoms with Gasteiger partial charge in [0.05, 0.1) is 17.7 Å². The molecule has 2 heterocycles. The summed E-state index contributed by atoms with van der Waals surface area (Å²) in [6, 6.07) is 7.15. The summed E-state index contributed by atoms with van der Waals surface area (Å²) in [4.78, 5) is 32.8. The number of allylic oxidation sites excluding steroid dienone is 1. The van der Waals surface area contributed by atoms with Crippen molar-refractivity contribution in [2.24, 2.45) is 0 Å². The molecule has 1 aliphatic rings. The summed E-state index contributed by atoms with van der Waals surface area (Å²) in [6.07, 6.45) is 3.07. The summed E-state index contributed by atoms with van der Waals surface area (Å²) in [5.74, 6) is 0.954. The summed E-state index contributed by atoms with van der Waals surface area (Å²) in [5.41, 5.74) is 2.66. The van der Waals surface area contributed by atoms with E-state index in [1.807, 2.05) is 13.8 Å². The number of nitrogens with zero attached hydrogens (tertiary/aromatic N) is 2. The highest BCUT2D eigenvalue weighted by molar-refractivity contribution is 7.99. The third-order valence-corrected chi connectivity index (χ3v) is 7.20. The predicted octanol–water partition coefficient (Wildman–Crippen LogP) is 4.90. The number of ketones is 1. The Kier molecular flexibility index (Phi) is 6.11. The van der Waals surface area contributed by atoms with Gasteiger partial charge < -0.3 is 4.74 Å². The third-order valence-electron chi connectivity index (χ3n) is 5.04. The molecule has 0 atom stereocenters. The number of fused-ring (bicyclic) bond motifs is 3. The molecule has 2 aromatic heterocycles. The normalized spacial score (nSPS) is 12.9. The lowest BCUT2D eigenvalue weighted by atomic mass is 10.1. The number of benzene rings is 1. The van der Waals surface area contributed by atoms with Crippen LogP contribution in [0.4, 0.5) is 0 Å². The Morgan fingerprint density at radius 3 is 2.77 bits per heavy atom. The van der Waals surface area contributed by atoms with Crippen molar-refractivity contribution in [2.75, 3.05) is 12.4 Å². The molecule has 0 bridgehead atoms. The highest BCUT2D eigenvalue weighted by Gasteiger charge is 2.23. The summed E-state index contributed by atoms with van der Waals surface area (Å²) in [7, 11) is 0. The van der Waals surface area contributed by atoms with Crippen molar-refractivity contribution in [1.29, 1.82) is 0 Å². The van der Waals surface area contributed by atoms with Crippen molar-refractivity contribution in [1.82, 2.24) is 9.55 Å². The van der Waals surface area contributed by atoms with Gasteiger partial charge in [0.15, 0.2) is 10.9 Å². The Bertz CT molecular complexity index is 1180. The zero-order valence-electron chi connectivity index (χ0n) is 17.2. The number of Topliss-reactive ketones (excluding diaryl/α,β-unsaturated/α-hetero) is 1. The largest absolute Gasteiger partial charge is 0.494 e. The van der Waals surface area contributed by atoms with Crippen molar-refractivity contribution in [2.45, 2.75) is 44.8 Å². The minimum absolute atomic E-state index is 0.00653. The second-order valence-electron chi connectivity index (χ2n) is 7.45. The number of rotatable bonds is 8. The van der Waals surface area contributed by atoms with E-state index in [0.717, 1.165) is 40.8 Å². The van der Waals surface area contributed by atoms with E-state index in [0.29, 0.717) is 23.9 Å². The summed E-state index contributed by atoms with van der Waals surface area (Å²) < 4.78 is 7.10. The molecule has 156 valence electrons. The standard InChI is InChI=1S/C23H24N2O3S2/c1-4-28-16-10-8-15(9-11-16)18(26)13-29-23-24-21-20(17-6-5-7-19(17)30-21)22(27)25(23)12-14(2)3/h8-11H,2,4-7,12-13H2,1,3H3. The van der Waals surface area contributed by atoms with Gasteiger partial charge in [0.2, 0.25) is 0 Å². The number of aromatic nitrogens is 2. The van der Waals surface area contributed by atoms with Gasteiger partial charge in [-0.3, -0.25) is 14.2 Å². The van der Waals surface area contributed by atoms with Crippen LogP contribution in [-0.4, -0.2) is 27.7 Å². The molecule has 5 nitrogen and oxygen atoms in total. The van der Waals surface area contributed by atoms with E-state index in [-0.39, 0.29) is 17.1 Å². The lowest BCUT2D eigenvalue weighted by molar-refractivity contribution is 0.102. The topological polar surface area (TPSA) is 61.2 Å². The number of thiophene rings is 1. The molecule has 0 saturated heterocycles. The fraction of sp³-hybridized carbons (Fsp3) is 0.348. The molecule has 3 aromatic rings. The van der Waals surface area contributed by atoms with Crippen molar-refractivity contribution in [3.8, 4) is 5.75 Å². The van der Waals surface area contributed by atoms with Gasteiger partial charge in [0.1, 0.15) is 10.6 Å². The first-order valence-electron chi connectivity index (χ1n) is 10.1. The van der Waals surface area contributed by atoms with E-state index in [2.05, 4.69) is 6.58 Å². The van der Waals surface area contributed by atoms with Crippen molar-refractivity contribution in [3.05, 3.63) is 62.8 Å². The molecule has 0 amide bonds. The van der Waals surface area contributed by atoms with Gasteiger partial charge in [-0.05, 0) is 62.9 Å². The molecular formula is C23H24N2O3S2. The Hall–Kier alpha value is -2.38. The lowest BCUT2D eigenvalue weighted by Crippen LogP contribution is -2.24. The monoisotopic (exact) mass is 440 g/mol. The second kappa shape index (κ2) is 8.78. The van der Waals surface area contributed by atoms with Crippen LogP contribution in [0.25, 0.3) is 10.2 Å². The molecule has 0 fully saturated rings. The molecule has 0 unspecified atom stereocenters. The van der Waals surface area contributed by atoms with E-state index in [4.69, 9.17) is 9.72 Å². The average molecular weight is 441 g/mol. The predicted molar refractivity (Wildman–Crippen MR) is 123 cm³/mol. The Labute approximate surface area is 183 Å². The molecule has 1 aliphatic carbocycles. The number of aryl methyl sites for hydroxylation is 2. The van der Waals surface area contributed by atoms with Gasteiger partial charge in [-0.1, -0.05) is 23.9 Å². The first kappa shape index (κ1) is 20.9. The van der Waals surface area contributed by atoms with Crippen LogP contribution >= 0.6 is 23.1 Å². The minimum Gasteiger partial charge on any atom is -0.494 e. The summed E-state index contributed by atoms with van der Waals surface area (Å²) in [5, 5.41) is 1.34. The van der Waals surface area contributed by atoms with Gasteiger partial charge in [-0.25, -0.2) is 4.98 Å². The van der Waals surface area contributed by atoms with Crippen LogP contribution in [0, 0.1) is 0 Å². The fourth-order valence-electron chi connectivity index (χ4n) is 3.69. The van der Waals surface area contributed by atoms with Crippen LogP contribution in [0.5, 0.6) is 5.75 Å². The quantitative estimate of drug-likeness (QED) is 0.216.